The van der Waals surface area contributed by atoms with Crippen LogP contribution in [0.25, 0.3) is 0 Å². The van der Waals surface area contributed by atoms with Gasteiger partial charge in [0.2, 0.25) is 0 Å². The molecule has 1 atom stereocenters. The molecule has 0 fully saturated rings. The summed E-state index contributed by atoms with van der Waals surface area (Å²) in [7, 11) is 1.65. The topological polar surface area (TPSA) is 46.5 Å². The monoisotopic (exact) mass is 250 g/mol. The summed E-state index contributed by atoms with van der Waals surface area (Å²) in [5.74, 6) is 0.222. The number of hydrogen-bond acceptors (Lipinski definition) is 2. The van der Waals surface area contributed by atoms with Crippen molar-refractivity contribution < 1.29 is 14.6 Å². The van der Waals surface area contributed by atoms with Crippen molar-refractivity contribution in [2.75, 3.05) is 7.11 Å². The zero-order valence-corrected chi connectivity index (χ0v) is 11.6. The van der Waals surface area contributed by atoms with Gasteiger partial charge in [-0.3, -0.25) is 4.79 Å². The lowest BCUT2D eigenvalue weighted by atomic mass is 9.87. The van der Waals surface area contributed by atoms with Crippen LogP contribution in [0.1, 0.15) is 48.8 Å². The molecule has 1 aromatic rings. The van der Waals surface area contributed by atoms with Crippen LogP contribution in [0, 0.1) is 13.8 Å². The van der Waals surface area contributed by atoms with Gasteiger partial charge in [-0.25, -0.2) is 0 Å². The summed E-state index contributed by atoms with van der Waals surface area (Å²) in [5, 5.41) is 9.01. The quantitative estimate of drug-likeness (QED) is 0.838. The predicted octanol–water partition coefficient (Wildman–Crippen LogP) is 3.67. The Labute approximate surface area is 109 Å². The second-order valence-corrected chi connectivity index (χ2v) is 4.76. The first-order valence-corrected chi connectivity index (χ1v) is 6.36. The predicted molar refractivity (Wildman–Crippen MR) is 72.4 cm³/mol. The Morgan fingerprint density at radius 3 is 2.50 bits per heavy atom. The van der Waals surface area contributed by atoms with Crippen molar-refractivity contribution in [1.82, 2.24) is 0 Å². The van der Waals surface area contributed by atoms with E-state index in [4.69, 9.17) is 9.84 Å². The van der Waals surface area contributed by atoms with Crippen LogP contribution in [-0.2, 0) is 4.79 Å². The molecule has 0 saturated carbocycles. The van der Waals surface area contributed by atoms with E-state index in [1.54, 1.807) is 7.11 Å². The number of rotatable bonds is 6. The van der Waals surface area contributed by atoms with Crippen LogP contribution in [0.15, 0.2) is 12.1 Å². The van der Waals surface area contributed by atoms with E-state index in [1.807, 2.05) is 19.9 Å². The fourth-order valence-electron chi connectivity index (χ4n) is 2.40. The first-order valence-electron chi connectivity index (χ1n) is 6.36. The van der Waals surface area contributed by atoms with Crippen LogP contribution >= 0.6 is 0 Å². The van der Waals surface area contributed by atoms with Crippen LogP contribution in [0.2, 0.25) is 0 Å². The summed E-state index contributed by atoms with van der Waals surface area (Å²) in [6.45, 7) is 6.09. The van der Waals surface area contributed by atoms with Crippen molar-refractivity contribution in [3.05, 3.63) is 28.8 Å². The molecule has 3 heteroatoms. The molecule has 0 saturated heterocycles. The highest BCUT2D eigenvalue weighted by molar-refractivity contribution is 5.68. The molecular weight excluding hydrogens is 228 g/mol. The van der Waals surface area contributed by atoms with Gasteiger partial charge in [0.25, 0.3) is 0 Å². The largest absolute Gasteiger partial charge is 0.496 e. The van der Waals surface area contributed by atoms with Gasteiger partial charge in [-0.15, -0.1) is 0 Å². The van der Waals surface area contributed by atoms with Crippen molar-refractivity contribution in [2.45, 2.75) is 46.0 Å². The second-order valence-electron chi connectivity index (χ2n) is 4.76. The highest BCUT2D eigenvalue weighted by atomic mass is 16.5. The summed E-state index contributed by atoms with van der Waals surface area (Å²) in [6.07, 6.45) is 2.09. The molecule has 0 aliphatic carbocycles. The van der Waals surface area contributed by atoms with Gasteiger partial charge < -0.3 is 9.84 Å². The lowest BCUT2D eigenvalue weighted by Gasteiger charge is -2.19. The molecule has 0 spiro atoms. The molecule has 1 aromatic carbocycles. The molecule has 3 nitrogen and oxygen atoms in total. The number of benzene rings is 1. The maximum Gasteiger partial charge on any atom is 0.303 e. The molecule has 100 valence electrons. The van der Waals surface area contributed by atoms with Crippen molar-refractivity contribution >= 4 is 5.97 Å². The maximum atomic E-state index is 11.0. The number of aliphatic carboxylic acids is 1. The molecule has 1 rings (SSSR count). The number of hydrogen-bond donors (Lipinski definition) is 1. The summed E-state index contributed by atoms with van der Waals surface area (Å²) in [5.41, 5.74) is 3.30. The van der Waals surface area contributed by atoms with E-state index in [0.717, 1.165) is 35.3 Å². The average Bonchev–Trinajstić information content (AvgIpc) is 2.30. The molecule has 1 N–H and O–H groups in total. The molecule has 0 aliphatic rings. The number of ether oxygens (including phenoxy) is 1. The van der Waals surface area contributed by atoms with E-state index in [0.29, 0.717) is 0 Å². The van der Waals surface area contributed by atoms with Gasteiger partial charge in [0, 0.05) is 0 Å². The third-order valence-electron chi connectivity index (χ3n) is 3.28. The van der Waals surface area contributed by atoms with E-state index >= 15 is 0 Å². The molecule has 1 unspecified atom stereocenters. The molecule has 0 heterocycles. The van der Waals surface area contributed by atoms with E-state index in [1.165, 1.54) is 0 Å². The lowest BCUT2D eigenvalue weighted by Crippen LogP contribution is -2.08. The Balaban J connectivity index is 3.11. The Kier molecular flexibility index (Phi) is 5.20. The number of carbonyl (C=O) groups is 1. The third-order valence-corrected chi connectivity index (χ3v) is 3.28. The smallest absolute Gasteiger partial charge is 0.303 e. The standard InChI is InChI=1S/C15H22O3/c1-5-6-12(9-15(16)17)13-7-11(3)14(18-4)8-10(13)2/h7-8,12H,5-6,9H2,1-4H3,(H,16,17). The van der Waals surface area contributed by atoms with Gasteiger partial charge in [-0.2, -0.15) is 0 Å². The molecule has 0 aliphatic heterocycles. The van der Waals surface area contributed by atoms with Gasteiger partial charge in [0.15, 0.2) is 0 Å². The highest BCUT2D eigenvalue weighted by Crippen LogP contribution is 2.32. The van der Waals surface area contributed by atoms with Crippen molar-refractivity contribution in [3.8, 4) is 5.75 Å². The van der Waals surface area contributed by atoms with Crippen molar-refractivity contribution in [1.29, 1.82) is 0 Å². The van der Waals surface area contributed by atoms with Gasteiger partial charge in [-0.1, -0.05) is 19.4 Å². The molecular formula is C15H22O3. The molecule has 0 amide bonds. The Morgan fingerprint density at radius 1 is 1.33 bits per heavy atom. The van der Waals surface area contributed by atoms with Crippen LogP contribution in [0.3, 0.4) is 0 Å². The zero-order chi connectivity index (χ0) is 13.7. The number of carboxylic acids is 1. The zero-order valence-electron chi connectivity index (χ0n) is 11.6. The molecule has 0 radical (unpaired) electrons. The summed E-state index contributed by atoms with van der Waals surface area (Å²) in [4.78, 5) is 11.0. The van der Waals surface area contributed by atoms with Gasteiger partial charge in [0.05, 0.1) is 13.5 Å². The van der Waals surface area contributed by atoms with E-state index in [-0.39, 0.29) is 12.3 Å². The molecule has 0 aromatic heterocycles. The first-order chi connectivity index (χ1) is 8.49. The second kappa shape index (κ2) is 6.43. The lowest BCUT2D eigenvalue weighted by molar-refractivity contribution is -0.137. The molecule has 0 bridgehead atoms. The van der Waals surface area contributed by atoms with E-state index < -0.39 is 5.97 Å². The summed E-state index contributed by atoms with van der Waals surface area (Å²) in [6, 6.07) is 4.06. The van der Waals surface area contributed by atoms with Crippen LogP contribution in [0.4, 0.5) is 0 Å². The minimum Gasteiger partial charge on any atom is -0.496 e. The Bertz CT molecular complexity index is 424. The van der Waals surface area contributed by atoms with Crippen LogP contribution in [-0.4, -0.2) is 18.2 Å². The normalized spacial score (nSPS) is 12.2. The fraction of sp³-hybridized carbons (Fsp3) is 0.533. The summed E-state index contributed by atoms with van der Waals surface area (Å²) >= 11 is 0. The minimum absolute atomic E-state index is 0.0945. The maximum absolute atomic E-state index is 11.0. The number of carboxylic acid groups (broad SMARTS) is 1. The van der Waals surface area contributed by atoms with Gasteiger partial charge in [0.1, 0.15) is 5.75 Å². The van der Waals surface area contributed by atoms with E-state index in [9.17, 15) is 4.79 Å². The number of methoxy groups -OCH3 is 1. The Hall–Kier alpha value is -1.51. The fourth-order valence-corrected chi connectivity index (χ4v) is 2.40. The van der Waals surface area contributed by atoms with Crippen LogP contribution < -0.4 is 4.74 Å². The highest BCUT2D eigenvalue weighted by Gasteiger charge is 2.18. The van der Waals surface area contributed by atoms with Crippen molar-refractivity contribution in [2.24, 2.45) is 0 Å². The molecule has 18 heavy (non-hydrogen) atoms. The Morgan fingerprint density at radius 2 is 2.00 bits per heavy atom. The third kappa shape index (κ3) is 3.49. The first kappa shape index (κ1) is 14.6. The van der Waals surface area contributed by atoms with E-state index in [2.05, 4.69) is 13.0 Å². The summed E-state index contributed by atoms with van der Waals surface area (Å²) < 4.78 is 5.29. The van der Waals surface area contributed by atoms with Gasteiger partial charge >= 0.3 is 5.97 Å². The van der Waals surface area contributed by atoms with Crippen LogP contribution in [0.5, 0.6) is 5.75 Å². The van der Waals surface area contributed by atoms with Gasteiger partial charge in [-0.05, 0) is 48.9 Å². The minimum atomic E-state index is -0.735. The average molecular weight is 250 g/mol. The SMILES string of the molecule is CCCC(CC(=O)O)c1cc(C)c(OC)cc1C. The van der Waals surface area contributed by atoms with Crippen molar-refractivity contribution in [3.63, 3.8) is 0 Å². The number of aryl methyl sites for hydroxylation is 2.